The van der Waals surface area contributed by atoms with E-state index < -0.39 is 11.7 Å². The van der Waals surface area contributed by atoms with E-state index in [1.165, 1.54) is 13.2 Å². The Morgan fingerprint density at radius 2 is 2.00 bits per heavy atom. The Labute approximate surface area is 119 Å². The molecule has 0 spiro atoms. The molecular formula is C15H14F3NO2. The van der Waals surface area contributed by atoms with Crippen LogP contribution in [-0.4, -0.2) is 18.1 Å². The number of carbonyl (C=O) groups excluding carboxylic acids is 1. The molecule has 0 amide bonds. The summed E-state index contributed by atoms with van der Waals surface area (Å²) in [5, 5.41) is 0.416. The van der Waals surface area contributed by atoms with Crippen LogP contribution >= 0.6 is 0 Å². The van der Waals surface area contributed by atoms with Gasteiger partial charge >= 0.3 is 12.1 Å². The number of carbonyl (C=O) groups is 1. The van der Waals surface area contributed by atoms with Gasteiger partial charge in [0.2, 0.25) is 0 Å². The van der Waals surface area contributed by atoms with Crippen LogP contribution in [0.25, 0.3) is 10.9 Å². The zero-order valence-corrected chi connectivity index (χ0v) is 11.6. The van der Waals surface area contributed by atoms with Gasteiger partial charge in [-0.3, -0.25) is 9.78 Å². The van der Waals surface area contributed by atoms with Crippen molar-refractivity contribution in [1.29, 1.82) is 0 Å². The van der Waals surface area contributed by atoms with E-state index in [1.807, 2.05) is 0 Å². The summed E-state index contributed by atoms with van der Waals surface area (Å²) < 4.78 is 42.5. The fourth-order valence-corrected chi connectivity index (χ4v) is 2.06. The number of methoxy groups -OCH3 is 1. The van der Waals surface area contributed by atoms with Crippen LogP contribution in [0.15, 0.2) is 30.3 Å². The highest BCUT2D eigenvalue weighted by Crippen LogP contribution is 2.31. The Bertz CT molecular complexity index is 668. The normalized spacial score (nSPS) is 13.2. The van der Waals surface area contributed by atoms with Crippen molar-refractivity contribution >= 4 is 16.9 Å². The molecule has 0 saturated carbocycles. The van der Waals surface area contributed by atoms with E-state index in [0.717, 1.165) is 12.1 Å². The predicted molar refractivity (Wildman–Crippen MR) is 71.6 cm³/mol. The molecule has 0 aliphatic carbocycles. The van der Waals surface area contributed by atoms with Crippen molar-refractivity contribution < 1.29 is 22.7 Å². The number of alkyl halides is 3. The van der Waals surface area contributed by atoms with Crippen LogP contribution in [0.1, 0.15) is 18.2 Å². The monoisotopic (exact) mass is 297 g/mol. The van der Waals surface area contributed by atoms with Crippen molar-refractivity contribution in [3.05, 3.63) is 41.6 Å². The second-order valence-electron chi connectivity index (χ2n) is 4.84. The third-order valence-corrected chi connectivity index (χ3v) is 3.19. The number of esters is 1. The minimum atomic E-state index is -4.37. The summed E-state index contributed by atoms with van der Waals surface area (Å²) in [5.74, 6) is -0.696. The minimum absolute atomic E-state index is 0.343. The molecule has 3 nitrogen and oxygen atoms in total. The molecule has 2 rings (SSSR count). The molecular weight excluding hydrogens is 283 g/mol. The molecule has 1 aromatic carbocycles. The molecule has 0 saturated heterocycles. The molecule has 112 valence electrons. The van der Waals surface area contributed by atoms with E-state index in [-0.39, 0.29) is 11.9 Å². The fraction of sp³-hybridized carbons (Fsp3) is 0.333. The van der Waals surface area contributed by atoms with Gasteiger partial charge in [0.05, 0.1) is 24.1 Å². The number of aromatic nitrogens is 1. The summed E-state index contributed by atoms with van der Waals surface area (Å²) in [6.07, 6.45) is -3.99. The van der Waals surface area contributed by atoms with Gasteiger partial charge in [0, 0.05) is 17.5 Å². The van der Waals surface area contributed by atoms with E-state index in [1.54, 1.807) is 19.1 Å². The smallest absolute Gasteiger partial charge is 0.416 e. The molecule has 1 heterocycles. The fourth-order valence-electron chi connectivity index (χ4n) is 2.06. The molecule has 0 bridgehead atoms. The summed E-state index contributed by atoms with van der Waals surface area (Å²) in [4.78, 5) is 15.6. The van der Waals surface area contributed by atoms with Crippen LogP contribution in [0.4, 0.5) is 13.2 Å². The van der Waals surface area contributed by atoms with Crippen molar-refractivity contribution in [2.45, 2.75) is 19.5 Å². The first kappa shape index (κ1) is 15.3. The van der Waals surface area contributed by atoms with Gasteiger partial charge in [0.25, 0.3) is 0 Å². The van der Waals surface area contributed by atoms with Crippen LogP contribution in [0.5, 0.6) is 0 Å². The SMILES string of the molecule is COC(=O)C(C)Cc1ccc2cc(C(F)(F)F)ccc2n1. The van der Waals surface area contributed by atoms with Crippen molar-refractivity contribution in [3.8, 4) is 0 Å². The van der Waals surface area contributed by atoms with E-state index in [2.05, 4.69) is 9.72 Å². The number of ether oxygens (including phenoxy) is 1. The molecule has 0 aliphatic rings. The third-order valence-electron chi connectivity index (χ3n) is 3.19. The van der Waals surface area contributed by atoms with Crippen LogP contribution in [0.3, 0.4) is 0 Å². The standard InChI is InChI=1S/C15H14F3NO2/c1-9(14(20)21-2)7-12-5-3-10-8-11(15(16,17)18)4-6-13(10)19-12/h3-6,8-9H,7H2,1-2H3. The molecule has 2 aromatic rings. The Hall–Kier alpha value is -2.11. The molecule has 0 radical (unpaired) electrons. The Morgan fingerprint density at radius 3 is 2.62 bits per heavy atom. The van der Waals surface area contributed by atoms with Gasteiger partial charge < -0.3 is 4.74 Å². The zero-order valence-electron chi connectivity index (χ0n) is 11.6. The zero-order chi connectivity index (χ0) is 15.6. The molecule has 0 aliphatic heterocycles. The number of halogens is 3. The Morgan fingerprint density at radius 1 is 1.29 bits per heavy atom. The molecule has 0 N–H and O–H groups in total. The summed E-state index contributed by atoms with van der Waals surface area (Å²) in [5.41, 5.74) is 0.408. The van der Waals surface area contributed by atoms with Gasteiger partial charge in [0.1, 0.15) is 0 Å². The van der Waals surface area contributed by atoms with Gasteiger partial charge in [-0.2, -0.15) is 13.2 Å². The molecule has 1 aromatic heterocycles. The maximum Gasteiger partial charge on any atom is 0.416 e. The number of fused-ring (bicyclic) bond motifs is 1. The average Bonchev–Trinajstić information content (AvgIpc) is 2.44. The molecule has 1 atom stereocenters. The van der Waals surface area contributed by atoms with E-state index in [9.17, 15) is 18.0 Å². The van der Waals surface area contributed by atoms with E-state index in [4.69, 9.17) is 0 Å². The summed E-state index contributed by atoms with van der Waals surface area (Å²) in [6.45, 7) is 1.71. The largest absolute Gasteiger partial charge is 0.469 e. The van der Waals surface area contributed by atoms with Gasteiger partial charge in [-0.15, -0.1) is 0 Å². The third kappa shape index (κ3) is 3.51. The summed E-state index contributed by atoms with van der Waals surface area (Å²) in [6, 6.07) is 6.61. The second kappa shape index (κ2) is 5.71. The molecule has 1 unspecified atom stereocenters. The van der Waals surface area contributed by atoms with E-state index >= 15 is 0 Å². The highest BCUT2D eigenvalue weighted by Gasteiger charge is 2.30. The number of pyridine rings is 1. The maximum absolute atomic E-state index is 12.6. The average molecular weight is 297 g/mol. The Balaban J connectivity index is 2.29. The van der Waals surface area contributed by atoms with Crippen LogP contribution in [-0.2, 0) is 22.1 Å². The van der Waals surface area contributed by atoms with Crippen LogP contribution < -0.4 is 0 Å². The molecule has 21 heavy (non-hydrogen) atoms. The first-order valence-electron chi connectivity index (χ1n) is 6.36. The van der Waals surface area contributed by atoms with Crippen molar-refractivity contribution in [2.24, 2.45) is 5.92 Å². The highest BCUT2D eigenvalue weighted by molar-refractivity contribution is 5.79. The quantitative estimate of drug-likeness (QED) is 0.812. The number of benzene rings is 1. The topological polar surface area (TPSA) is 39.2 Å². The number of rotatable bonds is 3. The van der Waals surface area contributed by atoms with Crippen LogP contribution in [0.2, 0.25) is 0 Å². The van der Waals surface area contributed by atoms with Crippen LogP contribution in [0, 0.1) is 5.92 Å². The molecule has 6 heteroatoms. The second-order valence-corrected chi connectivity index (χ2v) is 4.84. The first-order valence-corrected chi connectivity index (χ1v) is 6.36. The van der Waals surface area contributed by atoms with E-state index in [0.29, 0.717) is 23.0 Å². The highest BCUT2D eigenvalue weighted by atomic mass is 19.4. The van der Waals surface area contributed by atoms with Crippen molar-refractivity contribution in [1.82, 2.24) is 4.98 Å². The number of nitrogens with zero attached hydrogens (tertiary/aromatic N) is 1. The van der Waals surface area contributed by atoms with Crippen molar-refractivity contribution in [3.63, 3.8) is 0 Å². The maximum atomic E-state index is 12.6. The first-order chi connectivity index (χ1) is 9.81. The van der Waals surface area contributed by atoms with Gasteiger partial charge in [-0.05, 0) is 24.3 Å². The number of hydrogen-bond acceptors (Lipinski definition) is 3. The lowest BCUT2D eigenvalue weighted by molar-refractivity contribution is -0.144. The minimum Gasteiger partial charge on any atom is -0.469 e. The lowest BCUT2D eigenvalue weighted by Gasteiger charge is -2.10. The Kier molecular flexibility index (Phi) is 4.16. The van der Waals surface area contributed by atoms with Gasteiger partial charge in [-0.1, -0.05) is 13.0 Å². The van der Waals surface area contributed by atoms with Gasteiger partial charge in [-0.25, -0.2) is 0 Å². The lowest BCUT2D eigenvalue weighted by Crippen LogP contribution is -2.15. The lowest BCUT2D eigenvalue weighted by atomic mass is 10.0. The molecule has 0 fully saturated rings. The summed E-state index contributed by atoms with van der Waals surface area (Å²) in [7, 11) is 1.31. The van der Waals surface area contributed by atoms with Gasteiger partial charge in [0.15, 0.2) is 0 Å². The number of hydrogen-bond donors (Lipinski definition) is 0. The predicted octanol–water partition coefficient (Wildman–Crippen LogP) is 3.61. The summed E-state index contributed by atoms with van der Waals surface area (Å²) >= 11 is 0. The van der Waals surface area contributed by atoms with Crippen molar-refractivity contribution in [2.75, 3.05) is 7.11 Å².